The van der Waals surface area contributed by atoms with Crippen LogP contribution in [0.2, 0.25) is 5.02 Å². The van der Waals surface area contributed by atoms with Crippen LogP contribution in [0.5, 0.6) is 0 Å². The van der Waals surface area contributed by atoms with Gasteiger partial charge in [-0.2, -0.15) is 11.8 Å². The molecule has 4 nitrogen and oxygen atoms in total. The zero-order chi connectivity index (χ0) is 16.9. The van der Waals surface area contributed by atoms with Gasteiger partial charge in [0.15, 0.2) is 0 Å². The molecule has 0 saturated carbocycles. The predicted molar refractivity (Wildman–Crippen MR) is 94.1 cm³/mol. The summed E-state index contributed by atoms with van der Waals surface area (Å²) >= 11 is 7.87. The number of thioether (sulfide) groups is 1. The molecule has 0 bridgehead atoms. The Labute approximate surface area is 149 Å². The topological polar surface area (TPSA) is 45.5 Å². The molecule has 2 aromatic rings. The Kier molecular flexibility index (Phi) is 5.81. The second kappa shape index (κ2) is 8.05. The number of nitrogens with one attached hydrogen (secondary N) is 1. The van der Waals surface area contributed by atoms with Gasteiger partial charge in [-0.25, -0.2) is 4.39 Å². The number of rotatable bonds is 5. The number of furan rings is 1. The molecule has 1 atom stereocenters. The standard InChI is InChI=1S/C17H18ClFN2O2S/c18-12-3-1-4-13(19)16(12)17(22)20-11-14(15-5-2-8-23-15)21-6-9-24-10-7-21/h1-5,8,14H,6-7,9-11H2,(H,20,22)/t14-/m1/s1. The lowest BCUT2D eigenvalue weighted by Crippen LogP contribution is -2.42. The monoisotopic (exact) mass is 368 g/mol. The molecule has 1 N–H and O–H groups in total. The van der Waals surface area contributed by atoms with Gasteiger partial charge in [0.1, 0.15) is 11.6 Å². The van der Waals surface area contributed by atoms with Crippen LogP contribution in [-0.2, 0) is 0 Å². The molecule has 1 aliphatic heterocycles. The van der Waals surface area contributed by atoms with Crippen LogP contribution in [0, 0.1) is 5.82 Å². The average molecular weight is 369 g/mol. The van der Waals surface area contributed by atoms with Crippen molar-refractivity contribution in [2.45, 2.75) is 6.04 Å². The molecule has 24 heavy (non-hydrogen) atoms. The lowest BCUT2D eigenvalue weighted by molar-refractivity contribution is 0.0926. The van der Waals surface area contributed by atoms with Gasteiger partial charge in [0.25, 0.3) is 5.91 Å². The van der Waals surface area contributed by atoms with E-state index in [0.717, 1.165) is 30.4 Å². The summed E-state index contributed by atoms with van der Waals surface area (Å²) in [5.41, 5.74) is -0.119. The van der Waals surface area contributed by atoms with Gasteiger partial charge in [0, 0.05) is 31.1 Å². The van der Waals surface area contributed by atoms with Gasteiger partial charge in [-0.1, -0.05) is 17.7 Å². The number of amides is 1. The van der Waals surface area contributed by atoms with Gasteiger partial charge in [-0.3, -0.25) is 9.69 Å². The summed E-state index contributed by atoms with van der Waals surface area (Å²) in [5, 5.41) is 2.90. The minimum atomic E-state index is -0.621. The molecular weight excluding hydrogens is 351 g/mol. The van der Waals surface area contributed by atoms with E-state index in [4.69, 9.17) is 16.0 Å². The van der Waals surface area contributed by atoms with E-state index in [1.54, 1.807) is 6.26 Å². The van der Waals surface area contributed by atoms with E-state index in [1.807, 2.05) is 23.9 Å². The molecule has 1 aromatic heterocycles. The van der Waals surface area contributed by atoms with Gasteiger partial charge >= 0.3 is 0 Å². The van der Waals surface area contributed by atoms with Crippen LogP contribution in [-0.4, -0.2) is 41.9 Å². The van der Waals surface area contributed by atoms with Crippen molar-refractivity contribution < 1.29 is 13.6 Å². The zero-order valence-corrected chi connectivity index (χ0v) is 14.6. The fraction of sp³-hybridized carbons (Fsp3) is 0.353. The number of carbonyl (C=O) groups excluding carboxylic acids is 1. The summed E-state index contributed by atoms with van der Waals surface area (Å²) < 4.78 is 19.4. The van der Waals surface area contributed by atoms with E-state index in [-0.39, 0.29) is 16.6 Å². The van der Waals surface area contributed by atoms with Gasteiger partial charge in [0.05, 0.1) is 22.9 Å². The maximum Gasteiger partial charge on any atom is 0.255 e. The van der Waals surface area contributed by atoms with Crippen LogP contribution >= 0.6 is 23.4 Å². The van der Waals surface area contributed by atoms with Gasteiger partial charge in [-0.15, -0.1) is 0 Å². The maximum atomic E-state index is 13.9. The highest BCUT2D eigenvalue weighted by Crippen LogP contribution is 2.25. The Morgan fingerprint density at radius 2 is 2.12 bits per heavy atom. The zero-order valence-electron chi connectivity index (χ0n) is 13.0. The van der Waals surface area contributed by atoms with E-state index in [2.05, 4.69) is 10.2 Å². The molecule has 0 aliphatic carbocycles. The van der Waals surface area contributed by atoms with Crippen molar-refractivity contribution in [1.82, 2.24) is 10.2 Å². The molecular formula is C17H18ClFN2O2S. The Hall–Kier alpha value is -1.50. The number of hydrogen-bond acceptors (Lipinski definition) is 4. The number of nitrogens with zero attached hydrogens (tertiary/aromatic N) is 1. The molecule has 0 radical (unpaired) electrons. The first kappa shape index (κ1) is 17.3. The highest BCUT2D eigenvalue weighted by Gasteiger charge is 2.26. The van der Waals surface area contributed by atoms with E-state index >= 15 is 0 Å². The molecule has 1 saturated heterocycles. The van der Waals surface area contributed by atoms with Crippen LogP contribution in [0.25, 0.3) is 0 Å². The van der Waals surface area contributed by atoms with E-state index in [1.165, 1.54) is 18.2 Å². The van der Waals surface area contributed by atoms with Crippen molar-refractivity contribution in [2.75, 3.05) is 31.1 Å². The molecule has 0 spiro atoms. The third-order valence-corrected chi connectivity index (χ3v) is 5.26. The second-order valence-electron chi connectivity index (χ2n) is 5.49. The third-order valence-electron chi connectivity index (χ3n) is 4.00. The Bertz CT molecular complexity index is 670. The Morgan fingerprint density at radius 1 is 1.33 bits per heavy atom. The largest absolute Gasteiger partial charge is 0.468 e. The average Bonchev–Trinajstić information content (AvgIpc) is 3.10. The summed E-state index contributed by atoms with van der Waals surface area (Å²) in [6.45, 7) is 2.18. The fourth-order valence-electron chi connectivity index (χ4n) is 2.77. The summed E-state index contributed by atoms with van der Waals surface area (Å²) in [7, 11) is 0. The minimum absolute atomic E-state index is 0.0737. The van der Waals surface area contributed by atoms with E-state index < -0.39 is 11.7 Å². The first-order chi connectivity index (χ1) is 11.7. The molecule has 1 amide bonds. The number of benzene rings is 1. The summed E-state index contributed by atoms with van der Waals surface area (Å²) in [6.07, 6.45) is 1.62. The smallest absolute Gasteiger partial charge is 0.255 e. The first-order valence-electron chi connectivity index (χ1n) is 7.74. The first-order valence-corrected chi connectivity index (χ1v) is 9.27. The van der Waals surface area contributed by atoms with Gasteiger partial charge in [-0.05, 0) is 24.3 Å². The van der Waals surface area contributed by atoms with Crippen LogP contribution < -0.4 is 5.32 Å². The molecule has 0 unspecified atom stereocenters. The molecule has 1 aromatic carbocycles. The van der Waals surface area contributed by atoms with Gasteiger partial charge < -0.3 is 9.73 Å². The molecule has 128 valence electrons. The number of carbonyl (C=O) groups is 1. The Balaban J connectivity index is 1.72. The summed E-state index contributed by atoms with van der Waals surface area (Å²) in [5.74, 6) is 1.75. The second-order valence-corrected chi connectivity index (χ2v) is 7.12. The number of halogens is 2. The van der Waals surface area contributed by atoms with Crippen LogP contribution in [0.4, 0.5) is 4.39 Å². The van der Waals surface area contributed by atoms with Gasteiger partial charge in [0.2, 0.25) is 0 Å². The summed E-state index contributed by atoms with van der Waals surface area (Å²) in [4.78, 5) is 14.6. The van der Waals surface area contributed by atoms with E-state index in [9.17, 15) is 9.18 Å². The molecule has 7 heteroatoms. The molecule has 2 heterocycles. The van der Waals surface area contributed by atoms with Crippen molar-refractivity contribution >= 4 is 29.3 Å². The van der Waals surface area contributed by atoms with Crippen molar-refractivity contribution in [3.63, 3.8) is 0 Å². The fourth-order valence-corrected chi connectivity index (χ4v) is 3.95. The SMILES string of the molecule is O=C(NC[C@H](c1ccco1)N1CCSCC1)c1c(F)cccc1Cl. The minimum Gasteiger partial charge on any atom is -0.468 e. The normalized spacial score (nSPS) is 16.8. The molecule has 3 rings (SSSR count). The predicted octanol–water partition coefficient (Wildman–Crippen LogP) is 3.59. The Morgan fingerprint density at radius 3 is 2.79 bits per heavy atom. The van der Waals surface area contributed by atoms with Crippen LogP contribution in [0.15, 0.2) is 41.0 Å². The third kappa shape index (κ3) is 3.94. The highest BCUT2D eigenvalue weighted by molar-refractivity contribution is 7.99. The molecule has 1 fully saturated rings. The van der Waals surface area contributed by atoms with Crippen molar-refractivity contribution in [3.05, 3.63) is 58.8 Å². The molecule has 1 aliphatic rings. The van der Waals surface area contributed by atoms with Crippen molar-refractivity contribution in [2.24, 2.45) is 0 Å². The number of hydrogen-bond donors (Lipinski definition) is 1. The maximum absolute atomic E-state index is 13.9. The summed E-state index contributed by atoms with van der Waals surface area (Å²) in [6, 6.07) is 7.87. The quantitative estimate of drug-likeness (QED) is 0.876. The lowest BCUT2D eigenvalue weighted by Gasteiger charge is -2.33. The van der Waals surface area contributed by atoms with E-state index in [0.29, 0.717) is 6.54 Å². The van der Waals surface area contributed by atoms with Crippen LogP contribution in [0.1, 0.15) is 22.2 Å². The lowest BCUT2D eigenvalue weighted by atomic mass is 10.1. The van der Waals surface area contributed by atoms with Crippen LogP contribution in [0.3, 0.4) is 0 Å². The van der Waals surface area contributed by atoms with Crippen molar-refractivity contribution in [3.8, 4) is 0 Å². The highest BCUT2D eigenvalue weighted by atomic mass is 35.5. The van der Waals surface area contributed by atoms with Crippen molar-refractivity contribution in [1.29, 1.82) is 0 Å².